The second kappa shape index (κ2) is 12.3. The maximum Gasteiger partial charge on any atom is 0.120 e. The van der Waals surface area contributed by atoms with Crippen molar-refractivity contribution in [2.75, 3.05) is 19.7 Å². The zero-order valence-corrected chi connectivity index (χ0v) is 19.0. The molecule has 32 heavy (non-hydrogen) atoms. The first-order chi connectivity index (χ1) is 15.9. The first kappa shape index (κ1) is 22.4. The average Bonchev–Trinajstić information content (AvgIpc) is 2.85. The number of rotatable bonds is 11. The van der Waals surface area contributed by atoms with Crippen molar-refractivity contribution in [3.05, 3.63) is 96.1 Å². The summed E-state index contributed by atoms with van der Waals surface area (Å²) in [6.07, 6.45) is 7.47. The minimum absolute atomic E-state index is 0.586. The van der Waals surface area contributed by atoms with E-state index < -0.39 is 0 Å². The zero-order chi connectivity index (χ0) is 21.8. The minimum atomic E-state index is 0.586. The smallest absolute Gasteiger partial charge is 0.120 e. The third-order valence-electron chi connectivity index (χ3n) is 6.24. The van der Waals surface area contributed by atoms with Crippen molar-refractivity contribution >= 4 is 0 Å². The van der Waals surface area contributed by atoms with Crippen LogP contribution in [0.5, 0.6) is 11.5 Å². The van der Waals surface area contributed by atoms with Crippen LogP contribution in [-0.4, -0.2) is 30.6 Å². The second-order valence-corrected chi connectivity index (χ2v) is 8.68. The van der Waals surface area contributed by atoms with Crippen LogP contribution in [0.15, 0.2) is 84.9 Å². The lowest BCUT2D eigenvalue weighted by Crippen LogP contribution is -2.41. The molecule has 0 bridgehead atoms. The maximum absolute atomic E-state index is 5.96. The van der Waals surface area contributed by atoms with Gasteiger partial charge in [-0.15, -0.1) is 0 Å². The molecule has 168 valence electrons. The lowest BCUT2D eigenvalue weighted by molar-refractivity contribution is 0.142. The monoisotopic (exact) mass is 429 g/mol. The summed E-state index contributed by atoms with van der Waals surface area (Å²) in [4.78, 5) is 2.70. The Bertz CT molecular complexity index is 895. The third-order valence-corrected chi connectivity index (χ3v) is 6.24. The van der Waals surface area contributed by atoms with Gasteiger partial charge < -0.3 is 14.4 Å². The number of nitrogens with zero attached hydrogens (tertiary/aromatic N) is 1. The molecule has 1 unspecified atom stereocenters. The predicted molar refractivity (Wildman–Crippen MR) is 131 cm³/mol. The Morgan fingerprint density at radius 2 is 1.34 bits per heavy atom. The molecule has 1 aliphatic rings. The summed E-state index contributed by atoms with van der Waals surface area (Å²) in [7, 11) is 0. The molecule has 1 aliphatic heterocycles. The highest BCUT2D eigenvalue weighted by atomic mass is 16.5. The highest BCUT2D eigenvalue weighted by molar-refractivity contribution is 5.31. The summed E-state index contributed by atoms with van der Waals surface area (Å²) in [5, 5.41) is 0. The van der Waals surface area contributed by atoms with Crippen molar-refractivity contribution in [2.45, 2.75) is 51.2 Å². The lowest BCUT2D eigenvalue weighted by atomic mass is 9.95. The molecule has 0 amide bonds. The molecule has 1 fully saturated rings. The van der Waals surface area contributed by atoms with Crippen LogP contribution in [0.3, 0.4) is 0 Å². The third kappa shape index (κ3) is 7.13. The molecule has 1 atom stereocenters. The molecule has 1 saturated heterocycles. The molecular formula is C29H35NO2. The molecule has 3 aromatic rings. The second-order valence-electron chi connectivity index (χ2n) is 8.68. The molecule has 0 aromatic heterocycles. The van der Waals surface area contributed by atoms with Crippen LogP contribution in [0.4, 0.5) is 0 Å². The molecule has 0 N–H and O–H groups in total. The van der Waals surface area contributed by atoms with Crippen molar-refractivity contribution in [2.24, 2.45) is 0 Å². The molecule has 0 spiro atoms. The highest BCUT2D eigenvalue weighted by Crippen LogP contribution is 2.22. The fourth-order valence-corrected chi connectivity index (χ4v) is 4.45. The first-order valence-electron chi connectivity index (χ1n) is 12.0. The SMILES string of the molecule is c1ccc(COc2ccc(OCCCCN3CCCCC3Cc3ccccc3)cc2)cc1. The van der Waals surface area contributed by atoms with Gasteiger partial charge in [-0.25, -0.2) is 0 Å². The van der Waals surface area contributed by atoms with E-state index in [1.807, 2.05) is 42.5 Å². The number of ether oxygens (including phenoxy) is 2. The number of unbranched alkanes of at least 4 members (excludes halogenated alkanes) is 1. The van der Waals surface area contributed by atoms with Gasteiger partial charge in [0.25, 0.3) is 0 Å². The summed E-state index contributed by atoms with van der Waals surface area (Å²) in [5.74, 6) is 1.78. The number of hydrogen-bond acceptors (Lipinski definition) is 3. The van der Waals surface area contributed by atoms with E-state index in [4.69, 9.17) is 9.47 Å². The van der Waals surface area contributed by atoms with E-state index in [-0.39, 0.29) is 0 Å². The number of piperidine rings is 1. The van der Waals surface area contributed by atoms with E-state index in [1.54, 1.807) is 0 Å². The molecule has 3 aromatic carbocycles. The summed E-state index contributed by atoms with van der Waals surface area (Å²) in [6, 6.07) is 29.8. The van der Waals surface area contributed by atoms with Crippen LogP contribution < -0.4 is 9.47 Å². The Morgan fingerprint density at radius 3 is 2.06 bits per heavy atom. The van der Waals surface area contributed by atoms with Gasteiger partial charge in [0, 0.05) is 6.04 Å². The van der Waals surface area contributed by atoms with Crippen LogP contribution >= 0.6 is 0 Å². The molecule has 0 saturated carbocycles. The van der Waals surface area contributed by atoms with Gasteiger partial charge in [-0.1, -0.05) is 67.1 Å². The average molecular weight is 430 g/mol. The fraction of sp³-hybridized carbons (Fsp3) is 0.379. The number of hydrogen-bond donors (Lipinski definition) is 0. The zero-order valence-electron chi connectivity index (χ0n) is 19.0. The molecule has 4 rings (SSSR count). The number of benzene rings is 3. The van der Waals surface area contributed by atoms with E-state index in [1.165, 1.54) is 56.3 Å². The Kier molecular flexibility index (Phi) is 8.62. The summed E-state index contributed by atoms with van der Waals surface area (Å²) in [6.45, 7) is 3.76. The summed E-state index contributed by atoms with van der Waals surface area (Å²) in [5.41, 5.74) is 2.64. The van der Waals surface area contributed by atoms with Crippen molar-refractivity contribution in [1.82, 2.24) is 4.90 Å². The van der Waals surface area contributed by atoms with Crippen LogP contribution in [0.1, 0.15) is 43.2 Å². The van der Waals surface area contributed by atoms with E-state index in [9.17, 15) is 0 Å². The molecule has 0 aliphatic carbocycles. The van der Waals surface area contributed by atoms with E-state index in [0.29, 0.717) is 12.6 Å². The normalized spacial score (nSPS) is 16.6. The van der Waals surface area contributed by atoms with Crippen LogP contribution in [0.25, 0.3) is 0 Å². The highest BCUT2D eigenvalue weighted by Gasteiger charge is 2.21. The van der Waals surface area contributed by atoms with Crippen molar-refractivity contribution in [3.63, 3.8) is 0 Å². The van der Waals surface area contributed by atoms with Gasteiger partial charge in [0.1, 0.15) is 18.1 Å². The molecule has 3 nitrogen and oxygen atoms in total. The first-order valence-corrected chi connectivity index (χ1v) is 12.0. The van der Waals surface area contributed by atoms with Gasteiger partial charge in [-0.3, -0.25) is 0 Å². The quantitative estimate of drug-likeness (QED) is 0.324. The van der Waals surface area contributed by atoms with Gasteiger partial charge >= 0.3 is 0 Å². The van der Waals surface area contributed by atoms with Gasteiger partial charge in [0.05, 0.1) is 6.61 Å². The maximum atomic E-state index is 5.96. The van der Waals surface area contributed by atoms with Crippen LogP contribution in [0, 0.1) is 0 Å². The van der Waals surface area contributed by atoms with Crippen molar-refractivity contribution in [1.29, 1.82) is 0 Å². The fourth-order valence-electron chi connectivity index (χ4n) is 4.45. The lowest BCUT2D eigenvalue weighted by Gasteiger charge is -2.36. The van der Waals surface area contributed by atoms with Crippen LogP contribution in [0.2, 0.25) is 0 Å². The molecule has 3 heteroatoms. The molecule has 1 heterocycles. The Labute approximate surface area is 193 Å². The Balaban J connectivity index is 1.14. The van der Waals surface area contributed by atoms with Gasteiger partial charge in [-0.05, 0) is 80.6 Å². The van der Waals surface area contributed by atoms with Gasteiger partial charge in [0.2, 0.25) is 0 Å². The van der Waals surface area contributed by atoms with Crippen LogP contribution in [-0.2, 0) is 13.0 Å². The standard InChI is InChI=1S/C29H35NO2/c1-3-11-25(12-4-1)23-27-15-7-8-20-30(27)21-9-10-22-31-28-16-18-29(19-17-28)32-24-26-13-5-2-6-14-26/h1-6,11-14,16-19,27H,7-10,15,20-24H2. The van der Waals surface area contributed by atoms with Gasteiger partial charge in [-0.2, -0.15) is 0 Å². The van der Waals surface area contributed by atoms with E-state index >= 15 is 0 Å². The van der Waals surface area contributed by atoms with E-state index in [0.717, 1.165) is 24.5 Å². The topological polar surface area (TPSA) is 21.7 Å². The Morgan fingerprint density at radius 1 is 0.688 bits per heavy atom. The number of likely N-dealkylation sites (tertiary alicyclic amines) is 1. The molecular weight excluding hydrogens is 394 g/mol. The predicted octanol–water partition coefficient (Wildman–Crippen LogP) is 6.52. The minimum Gasteiger partial charge on any atom is -0.494 e. The van der Waals surface area contributed by atoms with Crippen molar-refractivity contribution < 1.29 is 9.47 Å². The molecule has 0 radical (unpaired) electrons. The summed E-state index contributed by atoms with van der Waals surface area (Å²) >= 11 is 0. The summed E-state index contributed by atoms with van der Waals surface area (Å²) < 4.78 is 11.8. The Hall–Kier alpha value is -2.78. The van der Waals surface area contributed by atoms with Gasteiger partial charge in [0.15, 0.2) is 0 Å². The van der Waals surface area contributed by atoms with Crippen molar-refractivity contribution in [3.8, 4) is 11.5 Å². The van der Waals surface area contributed by atoms with E-state index in [2.05, 4.69) is 47.4 Å². The largest absolute Gasteiger partial charge is 0.494 e.